The molecule has 28 heavy (non-hydrogen) atoms. The van der Waals surface area contributed by atoms with E-state index in [9.17, 15) is 4.79 Å². The van der Waals surface area contributed by atoms with Crippen LogP contribution in [0.2, 0.25) is 0 Å². The van der Waals surface area contributed by atoms with Crippen LogP contribution in [0.4, 0.5) is 0 Å². The summed E-state index contributed by atoms with van der Waals surface area (Å²) in [6.07, 6.45) is 1.95. The van der Waals surface area contributed by atoms with Crippen LogP contribution in [0.25, 0.3) is 10.9 Å². The highest BCUT2D eigenvalue weighted by atomic mass is 16.1. The molecule has 0 unspecified atom stereocenters. The van der Waals surface area contributed by atoms with Crippen LogP contribution in [-0.4, -0.2) is 26.7 Å². The van der Waals surface area contributed by atoms with Crippen molar-refractivity contribution < 1.29 is 0 Å². The molecule has 0 bridgehead atoms. The van der Waals surface area contributed by atoms with Crippen molar-refractivity contribution in [2.24, 2.45) is 0 Å². The first-order chi connectivity index (χ1) is 13.6. The zero-order valence-electron chi connectivity index (χ0n) is 16.2. The third-order valence-electron chi connectivity index (χ3n) is 5.10. The Morgan fingerprint density at radius 2 is 1.71 bits per heavy atom. The number of rotatable bonds is 6. The lowest BCUT2D eigenvalue weighted by molar-refractivity contribution is 0.319. The van der Waals surface area contributed by atoms with Gasteiger partial charge in [-0.2, -0.15) is 5.10 Å². The molecule has 0 amide bonds. The average molecular weight is 372 g/mol. The maximum Gasteiger partial charge on any atom is 0.248 e. The van der Waals surface area contributed by atoms with E-state index >= 15 is 0 Å². The van der Waals surface area contributed by atoms with Gasteiger partial charge < -0.3 is 4.98 Å². The van der Waals surface area contributed by atoms with Gasteiger partial charge in [0.25, 0.3) is 0 Å². The van der Waals surface area contributed by atoms with Gasteiger partial charge >= 0.3 is 0 Å². The Bertz CT molecular complexity index is 1140. The Morgan fingerprint density at radius 1 is 1.00 bits per heavy atom. The van der Waals surface area contributed by atoms with Gasteiger partial charge in [0, 0.05) is 41.3 Å². The third-order valence-corrected chi connectivity index (χ3v) is 5.10. The fourth-order valence-corrected chi connectivity index (χ4v) is 3.60. The van der Waals surface area contributed by atoms with E-state index in [1.54, 1.807) is 6.07 Å². The van der Waals surface area contributed by atoms with Crippen LogP contribution < -0.4 is 5.56 Å². The van der Waals surface area contributed by atoms with E-state index in [1.165, 1.54) is 16.8 Å². The second kappa shape index (κ2) is 7.82. The number of fused-ring (bicyclic) bond motifs is 1. The summed E-state index contributed by atoms with van der Waals surface area (Å²) in [5.74, 6) is 0. The van der Waals surface area contributed by atoms with Gasteiger partial charge in [-0.25, -0.2) is 0 Å². The summed E-state index contributed by atoms with van der Waals surface area (Å²) in [7, 11) is 2.07. The summed E-state index contributed by atoms with van der Waals surface area (Å²) < 4.78 is 2.04. The van der Waals surface area contributed by atoms with Gasteiger partial charge in [0.2, 0.25) is 5.56 Å². The zero-order valence-corrected chi connectivity index (χ0v) is 16.2. The highest BCUT2D eigenvalue weighted by Gasteiger charge is 2.11. The molecule has 0 aliphatic rings. The first kappa shape index (κ1) is 18.2. The van der Waals surface area contributed by atoms with Crippen LogP contribution in [0.5, 0.6) is 0 Å². The van der Waals surface area contributed by atoms with Crippen molar-refractivity contribution >= 4 is 10.9 Å². The second-order valence-electron chi connectivity index (χ2n) is 7.28. The molecular weight excluding hydrogens is 348 g/mol. The number of hydrogen-bond donors (Lipinski definition) is 1. The Labute approximate surface area is 164 Å². The van der Waals surface area contributed by atoms with Crippen LogP contribution in [0, 0.1) is 6.92 Å². The average Bonchev–Trinajstić information content (AvgIpc) is 3.02. The lowest BCUT2D eigenvalue weighted by Crippen LogP contribution is -2.19. The molecule has 2 heterocycles. The summed E-state index contributed by atoms with van der Waals surface area (Å²) in [6, 6.07) is 20.0. The molecule has 0 atom stereocenters. The lowest BCUT2D eigenvalue weighted by Gasteiger charge is -2.18. The molecule has 0 saturated carbocycles. The summed E-state index contributed by atoms with van der Waals surface area (Å²) in [6.45, 7) is 4.37. The summed E-state index contributed by atoms with van der Waals surface area (Å²) in [4.78, 5) is 17.1. The summed E-state index contributed by atoms with van der Waals surface area (Å²) in [5, 5.41) is 5.66. The Kier molecular flexibility index (Phi) is 5.08. The van der Waals surface area contributed by atoms with Crippen LogP contribution in [0.1, 0.15) is 22.4 Å². The second-order valence-corrected chi connectivity index (χ2v) is 7.28. The maximum atomic E-state index is 12.0. The zero-order chi connectivity index (χ0) is 19.5. The highest BCUT2D eigenvalue weighted by Crippen LogP contribution is 2.18. The van der Waals surface area contributed by atoms with E-state index in [4.69, 9.17) is 0 Å². The van der Waals surface area contributed by atoms with E-state index in [1.807, 2.05) is 35.1 Å². The number of benzene rings is 2. The molecule has 2 aromatic heterocycles. The smallest absolute Gasteiger partial charge is 0.248 e. The van der Waals surface area contributed by atoms with Crippen molar-refractivity contribution in [3.8, 4) is 0 Å². The number of nitrogens with one attached hydrogen (secondary N) is 1. The first-order valence-electron chi connectivity index (χ1n) is 9.45. The minimum atomic E-state index is -0.0611. The SMILES string of the molecule is Cc1c(CN(C)Cc2cc(=O)[nH]c3ccccc23)cnn1Cc1ccccc1. The van der Waals surface area contributed by atoms with Crippen LogP contribution >= 0.6 is 0 Å². The Hall–Kier alpha value is -3.18. The highest BCUT2D eigenvalue weighted by molar-refractivity contribution is 5.81. The molecule has 2 aromatic carbocycles. The lowest BCUT2D eigenvalue weighted by atomic mass is 10.1. The maximum absolute atomic E-state index is 12.0. The van der Waals surface area contributed by atoms with Gasteiger partial charge in [-0.05, 0) is 31.2 Å². The molecule has 0 radical (unpaired) electrons. The predicted octanol–water partition coefficient (Wildman–Crippen LogP) is 3.71. The standard InChI is InChI=1S/C23H24N4O/c1-17-20(13-24-27(17)14-18-8-4-3-5-9-18)16-26(2)15-19-12-23(28)25-22-11-7-6-10-21(19)22/h3-13H,14-16H2,1-2H3,(H,25,28). The Balaban J connectivity index is 1.51. The van der Waals surface area contributed by atoms with Crippen LogP contribution in [-0.2, 0) is 19.6 Å². The first-order valence-corrected chi connectivity index (χ1v) is 9.45. The van der Waals surface area contributed by atoms with E-state index in [0.717, 1.165) is 29.6 Å². The molecule has 142 valence electrons. The number of para-hydroxylation sites is 1. The molecule has 1 N–H and O–H groups in total. The van der Waals surface area contributed by atoms with Crippen LogP contribution in [0.15, 0.2) is 71.7 Å². The van der Waals surface area contributed by atoms with Crippen molar-refractivity contribution in [2.75, 3.05) is 7.05 Å². The van der Waals surface area contributed by atoms with Crippen molar-refractivity contribution in [1.29, 1.82) is 0 Å². The molecule has 0 aliphatic carbocycles. The quantitative estimate of drug-likeness (QED) is 0.561. The number of pyridine rings is 1. The van der Waals surface area contributed by atoms with Gasteiger partial charge in [0.05, 0.1) is 12.7 Å². The van der Waals surface area contributed by atoms with E-state index < -0.39 is 0 Å². The topological polar surface area (TPSA) is 53.9 Å². The number of hydrogen-bond acceptors (Lipinski definition) is 3. The number of H-pyrrole nitrogens is 1. The van der Waals surface area contributed by atoms with Crippen molar-refractivity contribution in [1.82, 2.24) is 19.7 Å². The normalized spacial score (nSPS) is 11.4. The van der Waals surface area contributed by atoms with Crippen molar-refractivity contribution in [3.05, 3.63) is 99.6 Å². The molecule has 4 rings (SSSR count). The minimum absolute atomic E-state index is 0.0611. The molecule has 0 saturated heterocycles. The third kappa shape index (κ3) is 3.89. The van der Waals surface area contributed by atoms with Gasteiger partial charge in [0.15, 0.2) is 0 Å². The minimum Gasteiger partial charge on any atom is -0.322 e. The van der Waals surface area contributed by atoms with Gasteiger partial charge in [0.1, 0.15) is 0 Å². The number of aromatic amines is 1. The molecule has 0 fully saturated rings. The monoisotopic (exact) mass is 372 g/mol. The molecule has 4 aromatic rings. The molecule has 5 nitrogen and oxygen atoms in total. The fraction of sp³-hybridized carbons (Fsp3) is 0.217. The summed E-state index contributed by atoms with van der Waals surface area (Å²) in [5.41, 5.74) is 5.47. The van der Waals surface area contributed by atoms with E-state index in [-0.39, 0.29) is 5.56 Å². The molecule has 0 aliphatic heterocycles. The molecule has 5 heteroatoms. The van der Waals surface area contributed by atoms with Gasteiger partial charge in [-0.1, -0.05) is 48.5 Å². The summed E-state index contributed by atoms with van der Waals surface area (Å²) >= 11 is 0. The fourth-order valence-electron chi connectivity index (χ4n) is 3.60. The largest absolute Gasteiger partial charge is 0.322 e. The van der Waals surface area contributed by atoms with E-state index in [2.05, 4.69) is 59.3 Å². The van der Waals surface area contributed by atoms with Crippen molar-refractivity contribution in [2.45, 2.75) is 26.6 Å². The predicted molar refractivity (Wildman–Crippen MR) is 112 cm³/mol. The number of nitrogens with zero attached hydrogens (tertiary/aromatic N) is 3. The van der Waals surface area contributed by atoms with E-state index in [0.29, 0.717) is 6.54 Å². The molecule has 0 spiro atoms. The van der Waals surface area contributed by atoms with Gasteiger partial charge in [-0.3, -0.25) is 14.4 Å². The van der Waals surface area contributed by atoms with Crippen LogP contribution in [0.3, 0.4) is 0 Å². The van der Waals surface area contributed by atoms with Gasteiger partial charge in [-0.15, -0.1) is 0 Å². The Morgan fingerprint density at radius 3 is 2.54 bits per heavy atom. The van der Waals surface area contributed by atoms with Crippen molar-refractivity contribution in [3.63, 3.8) is 0 Å². The molecular formula is C23H24N4O. The number of aromatic nitrogens is 3.